The Morgan fingerprint density at radius 2 is 1.77 bits per heavy atom. The summed E-state index contributed by atoms with van der Waals surface area (Å²) in [6, 6.07) is 6.77. The third-order valence-electron chi connectivity index (χ3n) is 5.98. The molecule has 31 heavy (non-hydrogen) atoms. The zero-order valence-corrected chi connectivity index (χ0v) is 19.8. The van der Waals surface area contributed by atoms with E-state index in [1.807, 2.05) is 19.9 Å². The highest BCUT2D eigenvalue weighted by Crippen LogP contribution is 2.28. The molecule has 8 heteroatoms. The first-order chi connectivity index (χ1) is 14.8. The normalized spacial score (nSPS) is 16.5. The van der Waals surface area contributed by atoms with Crippen LogP contribution in [-0.4, -0.2) is 54.6 Å². The number of aromatic nitrogens is 2. The van der Waals surface area contributed by atoms with Gasteiger partial charge in [-0.25, -0.2) is 22.8 Å². The molecule has 6 nitrogen and oxygen atoms in total. The Labute approximate surface area is 185 Å². The molecular formula is C23H33FN4O2S. The standard InChI is InChI=1S/C23H33FN4O2S/c1-5-15-31(29,30)28-13-11-27(12-14-28)23-20(16-19-9-7-8-10-21(19)24)18(4)25-22(26-23)17(3)6-2/h7-10,17H,5-6,11-16H2,1-4H3/t17-/m0/s1. The molecule has 2 heterocycles. The second kappa shape index (κ2) is 10.0. The van der Waals surface area contributed by atoms with Crippen LogP contribution in [-0.2, 0) is 16.4 Å². The lowest BCUT2D eigenvalue weighted by atomic mass is 10.0. The van der Waals surface area contributed by atoms with Crippen molar-refractivity contribution in [1.29, 1.82) is 0 Å². The average molecular weight is 449 g/mol. The second-order valence-corrected chi connectivity index (χ2v) is 10.3. The second-order valence-electron chi connectivity index (χ2n) is 8.25. The largest absolute Gasteiger partial charge is 0.354 e. The number of nitrogens with zero attached hydrogens (tertiary/aromatic N) is 4. The molecular weight excluding hydrogens is 415 g/mol. The molecule has 0 bridgehead atoms. The van der Waals surface area contributed by atoms with Gasteiger partial charge in [0.15, 0.2) is 0 Å². The van der Waals surface area contributed by atoms with Gasteiger partial charge in [0.05, 0.1) is 5.75 Å². The van der Waals surface area contributed by atoms with Crippen LogP contribution in [0.3, 0.4) is 0 Å². The topological polar surface area (TPSA) is 66.4 Å². The Bertz CT molecular complexity index is 1000. The molecule has 1 saturated heterocycles. The van der Waals surface area contributed by atoms with Crippen LogP contribution < -0.4 is 4.90 Å². The Balaban J connectivity index is 1.94. The molecule has 1 atom stereocenters. The highest BCUT2D eigenvalue weighted by atomic mass is 32.2. The maximum Gasteiger partial charge on any atom is 0.214 e. The molecule has 0 unspecified atom stereocenters. The molecule has 2 aromatic rings. The van der Waals surface area contributed by atoms with Gasteiger partial charge in [-0.05, 0) is 31.4 Å². The zero-order valence-electron chi connectivity index (χ0n) is 18.9. The number of hydrogen-bond acceptors (Lipinski definition) is 5. The summed E-state index contributed by atoms with van der Waals surface area (Å²) in [6.45, 7) is 10.0. The molecule has 3 rings (SSSR count). The Kier molecular flexibility index (Phi) is 7.64. The number of rotatable bonds is 8. The van der Waals surface area contributed by atoms with E-state index in [0.717, 1.165) is 29.3 Å². The van der Waals surface area contributed by atoms with Crippen molar-refractivity contribution in [3.8, 4) is 0 Å². The van der Waals surface area contributed by atoms with Crippen molar-refractivity contribution in [1.82, 2.24) is 14.3 Å². The molecule has 0 amide bonds. The van der Waals surface area contributed by atoms with Gasteiger partial charge in [0, 0.05) is 49.8 Å². The maximum atomic E-state index is 14.4. The van der Waals surface area contributed by atoms with Crippen molar-refractivity contribution >= 4 is 15.8 Å². The molecule has 1 aliphatic heterocycles. The minimum Gasteiger partial charge on any atom is -0.354 e. The average Bonchev–Trinajstić information content (AvgIpc) is 2.75. The lowest BCUT2D eigenvalue weighted by Gasteiger charge is -2.36. The summed E-state index contributed by atoms with van der Waals surface area (Å²) in [7, 11) is -3.21. The van der Waals surface area contributed by atoms with Crippen LogP contribution in [0.2, 0.25) is 0 Å². The van der Waals surface area contributed by atoms with Gasteiger partial charge in [0.1, 0.15) is 17.5 Å². The fourth-order valence-corrected chi connectivity index (χ4v) is 5.36. The van der Waals surface area contributed by atoms with Crippen molar-refractivity contribution in [2.75, 3.05) is 36.8 Å². The Hall–Kier alpha value is -2.06. The van der Waals surface area contributed by atoms with Crippen molar-refractivity contribution in [3.05, 3.63) is 52.7 Å². The van der Waals surface area contributed by atoms with E-state index >= 15 is 0 Å². The summed E-state index contributed by atoms with van der Waals surface area (Å²) in [5.74, 6) is 1.74. The number of aryl methyl sites for hydroxylation is 1. The number of halogens is 1. The molecule has 0 spiro atoms. The van der Waals surface area contributed by atoms with Crippen molar-refractivity contribution in [2.24, 2.45) is 0 Å². The van der Waals surface area contributed by atoms with Crippen LogP contribution in [0.1, 0.15) is 62.2 Å². The Morgan fingerprint density at radius 1 is 1.10 bits per heavy atom. The van der Waals surface area contributed by atoms with E-state index in [0.29, 0.717) is 44.6 Å². The monoisotopic (exact) mass is 448 g/mol. The van der Waals surface area contributed by atoms with E-state index in [2.05, 4.69) is 18.7 Å². The van der Waals surface area contributed by atoms with Gasteiger partial charge in [0.2, 0.25) is 10.0 Å². The molecule has 0 radical (unpaired) electrons. The highest BCUT2D eigenvalue weighted by Gasteiger charge is 2.29. The van der Waals surface area contributed by atoms with Gasteiger partial charge in [-0.3, -0.25) is 0 Å². The fraction of sp³-hybridized carbons (Fsp3) is 0.565. The summed E-state index contributed by atoms with van der Waals surface area (Å²) in [5.41, 5.74) is 2.36. The third kappa shape index (κ3) is 5.41. The highest BCUT2D eigenvalue weighted by molar-refractivity contribution is 7.89. The minimum absolute atomic E-state index is 0.177. The van der Waals surface area contributed by atoms with Crippen LogP contribution in [0.5, 0.6) is 0 Å². The van der Waals surface area contributed by atoms with Crippen molar-refractivity contribution < 1.29 is 12.8 Å². The smallest absolute Gasteiger partial charge is 0.214 e. The predicted molar refractivity (Wildman–Crippen MR) is 123 cm³/mol. The molecule has 0 aliphatic carbocycles. The summed E-state index contributed by atoms with van der Waals surface area (Å²) < 4.78 is 40.8. The van der Waals surface area contributed by atoms with Gasteiger partial charge < -0.3 is 4.90 Å². The molecule has 1 aromatic heterocycles. The van der Waals surface area contributed by atoms with Crippen molar-refractivity contribution in [2.45, 2.75) is 52.9 Å². The summed E-state index contributed by atoms with van der Waals surface area (Å²) in [6.07, 6.45) is 1.94. The van der Waals surface area contributed by atoms with E-state index in [4.69, 9.17) is 9.97 Å². The number of hydrogen-bond donors (Lipinski definition) is 0. The number of anilines is 1. The lowest BCUT2D eigenvalue weighted by Crippen LogP contribution is -2.49. The van der Waals surface area contributed by atoms with E-state index < -0.39 is 10.0 Å². The SMILES string of the molecule is CCCS(=O)(=O)N1CCN(c2nc([C@@H](C)CC)nc(C)c2Cc2ccccc2F)CC1. The van der Waals surface area contributed by atoms with Crippen LogP contribution in [0.25, 0.3) is 0 Å². The quantitative estimate of drug-likeness (QED) is 0.613. The van der Waals surface area contributed by atoms with Crippen LogP contribution in [0, 0.1) is 12.7 Å². The van der Waals surface area contributed by atoms with E-state index in [9.17, 15) is 12.8 Å². The van der Waals surface area contributed by atoms with Crippen LogP contribution in [0.15, 0.2) is 24.3 Å². The summed E-state index contributed by atoms with van der Waals surface area (Å²) in [5, 5.41) is 0. The van der Waals surface area contributed by atoms with Gasteiger partial charge >= 0.3 is 0 Å². The van der Waals surface area contributed by atoms with E-state index in [1.54, 1.807) is 16.4 Å². The number of sulfonamides is 1. The molecule has 170 valence electrons. The minimum atomic E-state index is -3.21. The fourth-order valence-electron chi connectivity index (χ4n) is 3.87. The maximum absolute atomic E-state index is 14.4. The van der Waals surface area contributed by atoms with Gasteiger partial charge in [0.25, 0.3) is 0 Å². The van der Waals surface area contributed by atoms with Crippen LogP contribution in [0.4, 0.5) is 10.2 Å². The van der Waals surface area contributed by atoms with Gasteiger partial charge in [-0.1, -0.05) is 39.0 Å². The van der Waals surface area contributed by atoms with Gasteiger partial charge in [-0.2, -0.15) is 4.31 Å². The first-order valence-electron chi connectivity index (χ1n) is 11.1. The number of benzene rings is 1. The molecule has 1 aromatic carbocycles. The first kappa shape index (κ1) is 23.6. The molecule has 1 aliphatic rings. The summed E-state index contributed by atoms with van der Waals surface area (Å²) >= 11 is 0. The molecule has 0 N–H and O–H groups in total. The van der Waals surface area contributed by atoms with Crippen LogP contribution >= 0.6 is 0 Å². The molecule has 1 fully saturated rings. The summed E-state index contributed by atoms with van der Waals surface area (Å²) in [4.78, 5) is 11.8. The third-order valence-corrected chi connectivity index (χ3v) is 8.06. The van der Waals surface area contributed by atoms with Gasteiger partial charge in [-0.15, -0.1) is 0 Å². The number of piperazine rings is 1. The zero-order chi connectivity index (χ0) is 22.6. The first-order valence-corrected chi connectivity index (χ1v) is 12.7. The predicted octanol–water partition coefficient (Wildman–Crippen LogP) is 3.89. The van der Waals surface area contributed by atoms with E-state index in [1.165, 1.54) is 6.07 Å². The molecule has 0 saturated carbocycles. The Morgan fingerprint density at radius 3 is 2.39 bits per heavy atom. The van der Waals surface area contributed by atoms with Crippen molar-refractivity contribution in [3.63, 3.8) is 0 Å². The lowest BCUT2D eigenvalue weighted by molar-refractivity contribution is 0.383. The van der Waals surface area contributed by atoms with E-state index in [-0.39, 0.29) is 17.5 Å².